The summed E-state index contributed by atoms with van der Waals surface area (Å²) < 4.78 is 13.7. The molecule has 1 atom stereocenters. The van der Waals surface area contributed by atoms with Crippen molar-refractivity contribution in [3.8, 4) is 17.0 Å². The second kappa shape index (κ2) is 8.88. The highest BCUT2D eigenvalue weighted by Gasteiger charge is 2.27. The molecule has 1 saturated heterocycles. The summed E-state index contributed by atoms with van der Waals surface area (Å²) in [6, 6.07) is 17.3. The highest BCUT2D eigenvalue weighted by Crippen LogP contribution is 2.27. The zero-order valence-corrected chi connectivity index (χ0v) is 18.4. The number of nitrogens with zero attached hydrogens (tertiary/aromatic N) is 5. The maximum atomic E-state index is 13.0. The van der Waals surface area contributed by atoms with E-state index in [9.17, 15) is 4.79 Å². The molecule has 1 aliphatic heterocycles. The number of nitrogens with one attached hydrogen (secondary N) is 1. The number of benzene rings is 2. The first-order valence-corrected chi connectivity index (χ1v) is 11.2. The van der Waals surface area contributed by atoms with Gasteiger partial charge in [-0.05, 0) is 61.4 Å². The molecule has 32 heavy (non-hydrogen) atoms. The molecule has 2 aromatic carbocycles. The molecular weight excluding hydrogens is 424 g/mol. The van der Waals surface area contributed by atoms with Gasteiger partial charge in [-0.1, -0.05) is 6.07 Å². The molecule has 0 radical (unpaired) electrons. The molecule has 162 valence electrons. The van der Waals surface area contributed by atoms with E-state index in [2.05, 4.69) is 29.2 Å². The van der Waals surface area contributed by atoms with E-state index in [4.69, 9.17) is 4.74 Å². The fourth-order valence-corrected chi connectivity index (χ4v) is 4.50. The van der Waals surface area contributed by atoms with E-state index in [1.807, 2.05) is 54.6 Å². The Kier molecular flexibility index (Phi) is 5.64. The van der Waals surface area contributed by atoms with Gasteiger partial charge in [0.2, 0.25) is 5.91 Å². The quantitative estimate of drug-likeness (QED) is 0.495. The summed E-state index contributed by atoms with van der Waals surface area (Å²) >= 11 is 1.15. The molecule has 3 heterocycles. The Morgan fingerprint density at radius 1 is 1.09 bits per heavy atom. The molecule has 0 bridgehead atoms. The van der Waals surface area contributed by atoms with Crippen LogP contribution in [0.3, 0.4) is 0 Å². The summed E-state index contributed by atoms with van der Waals surface area (Å²) in [5, 5.41) is 11.9. The van der Waals surface area contributed by atoms with Crippen LogP contribution in [0.25, 0.3) is 22.3 Å². The molecule has 0 aliphatic carbocycles. The van der Waals surface area contributed by atoms with Crippen LogP contribution in [-0.2, 0) is 4.79 Å². The van der Waals surface area contributed by atoms with Crippen LogP contribution in [0.15, 0.2) is 54.6 Å². The highest BCUT2D eigenvalue weighted by molar-refractivity contribution is 7.00. The molecule has 4 aromatic rings. The van der Waals surface area contributed by atoms with Gasteiger partial charge in [0.05, 0.1) is 36.1 Å². The molecule has 1 fully saturated rings. The van der Waals surface area contributed by atoms with Gasteiger partial charge in [-0.3, -0.25) is 4.79 Å². The minimum Gasteiger partial charge on any atom is -0.497 e. The smallest absolute Gasteiger partial charge is 0.229 e. The Labute approximate surface area is 189 Å². The molecule has 5 rings (SSSR count). The predicted octanol–water partition coefficient (Wildman–Crippen LogP) is 4.01. The lowest BCUT2D eigenvalue weighted by Gasteiger charge is -2.32. The average Bonchev–Trinajstić information content (AvgIpc) is 3.34. The van der Waals surface area contributed by atoms with Crippen molar-refractivity contribution in [2.75, 3.05) is 30.4 Å². The number of piperidine rings is 1. The third-order valence-corrected chi connectivity index (χ3v) is 6.24. The van der Waals surface area contributed by atoms with Crippen LogP contribution in [0.4, 0.5) is 11.5 Å². The first kappa shape index (κ1) is 20.3. The molecule has 0 spiro atoms. The molecule has 2 aromatic heterocycles. The number of rotatable bonds is 5. The number of aromatic nitrogens is 4. The molecule has 0 saturated carbocycles. The topological polar surface area (TPSA) is 93.1 Å². The summed E-state index contributed by atoms with van der Waals surface area (Å²) in [7, 11) is 1.65. The van der Waals surface area contributed by atoms with Crippen LogP contribution in [0.2, 0.25) is 0 Å². The predicted molar refractivity (Wildman–Crippen MR) is 125 cm³/mol. The maximum Gasteiger partial charge on any atom is 0.229 e. The van der Waals surface area contributed by atoms with Gasteiger partial charge < -0.3 is 15.0 Å². The van der Waals surface area contributed by atoms with E-state index in [0.717, 1.165) is 65.0 Å². The van der Waals surface area contributed by atoms with Gasteiger partial charge in [-0.2, -0.15) is 8.75 Å². The van der Waals surface area contributed by atoms with Crippen molar-refractivity contribution in [2.45, 2.75) is 12.8 Å². The average molecular weight is 447 g/mol. The number of amides is 1. The largest absolute Gasteiger partial charge is 0.497 e. The number of hydrogen-bond acceptors (Lipinski definition) is 8. The van der Waals surface area contributed by atoms with E-state index in [0.29, 0.717) is 12.2 Å². The third-order valence-electron chi connectivity index (χ3n) is 5.70. The van der Waals surface area contributed by atoms with Gasteiger partial charge in [-0.15, -0.1) is 10.2 Å². The van der Waals surface area contributed by atoms with E-state index < -0.39 is 0 Å². The van der Waals surface area contributed by atoms with Crippen LogP contribution in [0, 0.1) is 5.92 Å². The van der Waals surface area contributed by atoms with E-state index >= 15 is 0 Å². The summed E-state index contributed by atoms with van der Waals surface area (Å²) in [5.74, 6) is 1.45. The standard InChI is InChI=1S/C23H22N6O2S/c1-31-17-9-7-15(8-10-17)18-11-12-21(26-25-18)29-13-3-4-16(14-29)23(30)24-19-5-2-6-20-22(19)28-32-27-20/h2,5-12,16H,3-4,13-14H2,1H3,(H,24,30)/t16-/m1/s1. The van der Waals surface area contributed by atoms with Crippen LogP contribution in [0.5, 0.6) is 5.75 Å². The van der Waals surface area contributed by atoms with Crippen LogP contribution >= 0.6 is 11.7 Å². The Morgan fingerprint density at radius 3 is 2.75 bits per heavy atom. The van der Waals surface area contributed by atoms with Crippen LogP contribution in [-0.4, -0.2) is 45.1 Å². The molecule has 1 aliphatic rings. The lowest BCUT2D eigenvalue weighted by molar-refractivity contribution is -0.120. The number of ether oxygens (including phenoxy) is 1. The van der Waals surface area contributed by atoms with Crippen LogP contribution < -0.4 is 15.0 Å². The molecular formula is C23H22N6O2S. The minimum atomic E-state index is -0.131. The fourth-order valence-electron chi connectivity index (χ4n) is 3.95. The summed E-state index contributed by atoms with van der Waals surface area (Å²) in [5.41, 5.74) is 4.02. The summed E-state index contributed by atoms with van der Waals surface area (Å²) in [4.78, 5) is 15.1. The zero-order chi connectivity index (χ0) is 21.9. The number of methoxy groups -OCH3 is 1. The van der Waals surface area contributed by atoms with Crippen molar-refractivity contribution in [3.63, 3.8) is 0 Å². The first-order valence-electron chi connectivity index (χ1n) is 10.5. The third kappa shape index (κ3) is 4.11. The summed E-state index contributed by atoms with van der Waals surface area (Å²) in [6.45, 7) is 1.46. The number of hydrogen-bond donors (Lipinski definition) is 1. The lowest BCUT2D eigenvalue weighted by Crippen LogP contribution is -2.41. The molecule has 0 unspecified atom stereocenters. The van der Waals surface area contributed by atoms with Crippen molar-refractivity contribution in [1.82, 2.24) is 18.9 Å². The van der Waals surface area contributed by atoms with Gasteiger partial charge in [-0.25, -0.2) is 0 Å². The first-order chi connectivity index (χ1) is 15.7. The SMILES string of the molecule is COc1ccc(-c2ccc(N3CCC[C@@H](C(=O)Nc4cccc5nsnc45)C3)nn2)cc1. The number of fused-ring (bicyclic) bond motifs is 1. The van der Waals surface area contributed by atoms with Gasteiger partial charge in [0, 0.05) is 18.7 Å². The van der Waals surface area contributed by atoms with E-state index in [-0.39, 0.29) is 11.8 Å². The normalized spacial score (nSPS) is 16.2. The van der Waals surface area contributed by atoms with Gasteiger partial charge in [0.25, 0.3) is 0 Å². The van der Waals surface area contributed by atoms with E-state index in [1.54, 1.807) is 7.11 Å². The second-order valence-corrected chi connectivity index (χ2v) is 8.25. The Bertz CT molecular complexity index is 1230. The van der Waals surface area contributed by atoms with Crippen molar-refractivity contribution in [3.05, 3.63) is 54.6 Å². The second-order valence-electron chi connectivity index (χ2n) is 7.72. The Hall–Kier alpha value is -3.59. The van der Waals surface area contributed by atoms with Gasteiger partial charge in [0.15, 0.2) is 5.82 Å². The zero-order valence-electron chi connectivity index (χ0n) is 17.6. The number of carbonyl (C=O) groups excluding carboxylic acids is 1. The lowest BCUT2D eigenvalue weighted by atomic mass is 9.97. The maximum absolute atomic E-state index is 13.0. The van der Waals surface area contributed by atoms with Crippen molar-refractivity contribution in [2.24, 2.45) is 5.92 Å². The molecule has 9 heteroatoms. The molecule has 8 nitrogen and oxygen atoms in total. The van der Waals surface area contributed by atoms with Crippen LogP contribution in [0.1, 0.15) is 12.8 Å². The Morgan fingerprint density at radius 2 is 1.97 bits per heavy atom. The fraction of sp³-hybridized carbons (Fsp3) is 0.261. The monoisotopic (exact) mass is 446 g/mol. The van der Waals surface area contributed by atoms with Crippen molar-refractivity contribution in [1.29, 1.82) is 0 Å². The highest BCUT2D eigenvalue weighted by atomic mass is 32.1. The van der Waals surface area contributed by atoms with Gasteiger partial charge >= 0.3 is 0 Å². The number of carbonyl (C=O) groups is 1. The van der Waals surface area contributed by atoms with Crippen molar-refractivity contribution >= 4 is 40.2 Å². The molecule has 1 N–H and O–H groups in total. The molecule has 1 amide bonds. The Balaban J connectivity index is 1.27. The minimum absolute atomic E-state index is 0.00184. The van der Waals surface area contributed by atoms with Gasteiger partial charge in [0.1, 0.15) is 16.8 Å². The van der Waals surface area contributed by atoms with Crippen molar-refractivity contribution < 1.29 is 9.53 Å². The van der Waals surface area contributed by atoms with E-state index in [1.165, 1.54) is 0 Å². The summed E-state index contributed by atoms with van der Waals surface area (Å²) in [6.07, 6.45) is 1.76. The number of anilines is 2.